The van der Waals surface area contributed by atoms with Gasteiger partial charge < -0.3 is 5.32 Å². The van der Waals surface area contributed by atoms with Crippen LogP contribution >= 0.6 is 0 Å². The zero-order valence-corrected chi connectivity index (χ0v) is 11.1. The summed E-state index contributed by atoms with van der Waals surface area (Å²) in [5.41, 5.74) is -0.320. The molecule has 0 heterocycles. The molecule has 3 nitrogen and oxygen atoms in total. The first kappa shape index (κ1) is 13.5. The Morgan fingerprint density at radius 3 is 2.44 bits per heavy atom. The molecule has 1 aliphatic carbocycles. The van der Waals surface area contributed by atoms with E-state index in [0.717, 1.165) is 19.5 Å². The molecule has 0 aromatic carbocycles. The minimum absolute atomic E-state index is 0.320. The summed E-state index contributed by atoms with van der Waals surface area (Å²) in [6.07, 6.45) is 3.54. The lowest BCUT2D eigenvalue weighted by Gasteiger charge is -2.36. The summed E-state index contributed by atoms with van der Waals surface area (Å²) < 4.78 is 0. The van der Waals surface area contributed by atoms with E-state index in [4.69, 9.17) is 0 Å². The summed E-state index contributed by atoms with van der Waals surface area (Å²) in [4.78, 5) is 2.41. The van der Waals surface area contributed by atoms with Crippen molar-refractivity contribution in [3.8, 4) is 6.07 Å². The van der Waals surface area contributed by atoms with Gasteiger partial charge in [0.25, 0.3) is 0 Å². The predicted octanol–water partition coefficient (Wildman–Crippen LogP) is 2.00. The van der Waals surface area contributed by atoms with Crippen LogP contribution in [0.15, 0.2) is 0 Å². The van der Waals surface area contributed by atoms with E-state index in [9.17, 15) is 5.26 Å². The smallest absolute Gasteiger partial charge is 0.122 e. The van der Waals surface area contributed by atoms with Crippen LogP contribution in [0.1, 0.15) is 40.0 Å². The minimum atomic E-state index is -0.320. The first-order valence-electron chi connectivity index (χ1n) is 6.47. The molecule has 92 valence electrons. The average molecular weight is 223 g/mol. The molecule has 3 heteroatoms. The Morgan fingerprint density at radius 1 is 1.50 bits per heavy atom. The summed E-state index contributed by atoms with van der Waals surface area (Å²) in [6, 6.07) is 3.08. The summed E-state index contributed by atoms with van der Waals surface area (Å²) in [6.45, 7) is 8.51. The highest BCUT2D eigenvalue weighted by Crippen LogP contribution is 2.40. The lowest BCUT2D eigenvalue weighted by Crippen LogP contribution is -2.54. The van der Waals surface area contributed by atoms with Gasteiger partial charge in [-0.25, -0.2) is 0 Å². The van der Waals surface area contributed by atoms with Gasteiger partial charge in [0.05, 0.1) is 6.07 Å². The summed E-state index contributed by atoms with van der Waals surface area (Å²) in [7, 11) is 1.92. The zero-order valence-electron chi connectivity index (χ0n) is 11.1. The number of nitriles is 1. The van der Waals surface area contributed by atoms with E-state index in [1.54, 1.807) is 0 Å². The van der Waals surface area contributed by atoms with Gasteiger partial charge >= 0.3 is 0 Å². The number of rotatable bonds is 7. The fraction of sp³-hybridized carbons (Fsp3) is 0.923. The Kier molecular flexibility index (Phi) is 4.76. The van der Waals surface area contributed by atoms with Crippen LogP contribution in [0, 0.1) is 17.2 Å². The van der Waals surface area contributed by atoms with E-state index >= 15 is 0 Å². The maximum atomic E-state index is 9.45. The molecule has 2 atom stereocenters. The van der Waals surface area contributed by atoms with Crippen molar-refractivity contribution in [1.29, 1.82) is 5.26 Å². The Balaban J connectivity index is 2.70. The van der Waals surface area contributed by atoms with E-state index < -0.39 is 0 Å². The number of hydrogen-bond acceptors (Lipinski definition) is 3. The number of likely N-dealkylation sites (N-methyl/N-ethyl adjacent to an activating group) is 2. The number of nitrogens with one attached hydrogen (secondary N) is 1. The van der Waals surface area contributed by atoms with Crippen molar-refractivity contribution in [2.24, 2.45) is 5.92 Å². The van der Waals surface area contributed by atoms with Gasteiger partial charge in [-0.2, -0.15) is 5.26 Å². The van der Waals surface area contributed by atoms with Gasteiger partial charge in [-0.3, -0.25) is 4.90 Å². The second-order valence-electron chi connectivity index (χ2n) is 4.93. The SMILES string of the molecule is CCC(C)N(CC)CC(C#N)(NC)C1CC1. The van der Waals surface area contributed by atoms with Gasteiger partial charge in [-0.05, 0) is 45.7 Å². The van der Waals surface area contributed by atoms with Crippen LogP contribution in [-0.2, 0) is 0 Å². The monoisotopic (exact) mass is 223 g/mol. The van der Waals surface area contributed by atoms with Crippen LogP contribution in [0.2, 0.25) is 0 Å². The van der Waals surface area contributed by atoms with Gasteiger partial charge in [0.15, 0.2) is 0 Å². The Morgan fingerprint density at radius 2 is 2.12 bits per heavy atom. The van der Waals surface area contributed by atoms with Gasteiger partial charge in [-0.15, -0.1) is 0 Å². The molecule has 0 spiro atoms. The second-order valence-corrected chi connectivity index (χ2v) is 4.93. The van der Waals surface area contributed by atoms with E-state index in [1.165, 1.54) is 12.8 Å². The molecule has 1 rings (SSSR count). The van der Waals surface area contributed by atoms with Crippen LogP contribution in [0.3, 0.4) is 0 Å². The number of hydrogen-bond donors (Lipinski definition) is 1. The molecule has 0 saturated heterocycles. The first-order valence-corrected chi connectivity index (χ1v) is 6.47. The molecule has 0 amide bonds. The lowest BCUT2D eigenvalue weighted by molar-refractivity contribution is 0.161. The van der Waals surface area contributed by atoms with Crippen molar-refractivity contribution in [2.45, 2.75) is 51.6 Å². The minimum Gasteiger partial charge on any atom is -0.301 e. The fourth-order valence-corrected chi connectivity index (χ4v) is 2.33. The third-order valence-corrected chi connectivity index (χ3v) is 3.99. The van der Waals surface area contributed by atoms with Gasteiger partial charge in [0, 0.05) is 12.6 Å². The fourth-order valence-electron chi connectivity index (χ4n) is 2.33. The molecule has 1 aliphatic rings. The van der Waals surface area contributed by atoms with Crippen molar-refractivity contribution in [3.05, 3.63) is 0 Å². The molecule has 0 bridgehead atoms. The molecular weight excluding hydrogens is 198 g/mol. The van der Waals surface area contributed by atoms with Crippen LogP contribution in [-0.4, -0.2) is 36.6 Å². The third-order valence-electron chi connectivity index (χ3n) is 3.99. The van der Waals surface area contributed by atoms with Gasteiger partial charge in [0.2, 0.25) is 0 Å². The molecule has 16 heavy (non-hydrogen) atoms. The lowest BCUT2D eigenvalue weighted by atomic mass is 9.93. The molecule has 1 fully saturated rings. The molecular formula is C13H25N3. The van der Waals surface area contributed by atoms with Crippen LogP contribution in [0.5, 0.6) is 0 Å². The van der Waals surface area contributed by atoms with Crippen molar-refractivity contribution in [3.63, 3.8) is 0 Å². The Bertz CT molecular complexity index is 254. The molecule has 1 N–H and O–H groups in total. The van der Waals surface area contributed by atoms with Crippen LogP contribution < -0.4 is 5.32 Å². The van der Waals surface area contributed by atoms with Crippen molar-refractivity contribution < 1.29 is 0 Å². The predicted molar refractivity (Wildman–Crippen MR) is 67.1 cm³/mol. The maximum absolute atomic E-state index is 9.45. The third kappa shape index (κ3) is 2.75. The molecule has 2 unspecified atom stereocenters. The highest BCUT2D eigenvalue weighted by atomic mass is 15.2. The van der Waals surface area contributed by atoms with E-state index in [2.05, 4.69) is 37.1 Å². The molecule has 0 aliphatic heterocycles. The highest BCUT2D eigenvalue weighted by Gasteiger charge is 2.45. The standard InChI is InChI=1S/C13H25N3/c1-5-11(3)16(6-2)10-13(9-14,15-4)12-7-8-12/h11-12,15H,5-8,10H2,1-4H3. The average Bonchev–Trinajstić information content (AvgIpc) is 3.15. The van der Waals surface area contributed by atoms with E-state index in [0.29, 0.717) is 12.0 Å². The maximum Gasteiger partial charge on any atom is 0.122 e. The summed E-state index contributed by atoms with van der Waals surface area (Å²) >= 11 is 0. The van der Waals surface area contributed by atoms with E-state index in [1.807, 2.05) is 7.05 Å². The molecule has 0 radical (unpaired) electrons. The highest BCUT2D eigenvalue weighted by molar-refractivity contribution is 5.16. The van der Waals surface area contributed by atoms with E-state index in [-0.39, 0.29) is 5.54 Å². The topological polar surface area (TPSA) is 39.1 Å². The van der Waals surface area contributed by atoms with Crippen molar-refractivity contribution in [2.75, 3.05) is 20.1 Å². The van der Waals surface area contributed by atoms with Gasteiger partial charge in [-0.1, -0.05) is 13.8 Å². The number of nitrogens with zero attached hydrogens (tertiary/aromatic N) is 2. The van der Waals surface area contributed by atoms with Crippen LogP contribution in [0.25, 0.3) is 0 Å². The summed E-state index contributed by atoms with van der Waals surface area (Å²) in [5.74, 6) is 0.556. The van der Waals surface area contributed by atoms with Crippen molar-refractivity contribution in [1.82, 2.24) is 10.2 Å². The Labute approximate surface area is 99.8 Å². The second kappa shape index (κ2) is 5.65. The molecule has 0 aromatic rings. The quantitative estimate of drug-likeness (QED) is 0.717. The first-order chi connectivity index (χ1) is 7.63. The van der Waals surface area contributed by atoms with Gasteiger partial charge in [0.1, 0.15) is 5.54 Å². The largest absolute Gasteiger partial charge is 0.301 e. The van der Waals surface area contributed by atoms with Crippen molar-refractivity contribution >= 4 is 0 Å². The molecule has 1 saturated carbocycles. The zero-order chi connectivity index (χ0) is 12.2. The summed E-state index contributed by atoms with van der Waals surface area (Å²) in [5, 5.41) is 12.7. The Hall–Kier alpha value is -0.590. The normalized spacial score (nSPS) is 21.5. The van der Waals surface area contributed by atoms with Crippen LogP contribution in [0.4, 0.5) is 0 Å². The molecule has 0 aromatic heterocycles.